The Morgan fingerprint density at radius 1 is 1.64 bits per heavy atom. The highest BCUT2D eigenvalue weighted by molar-refractivity contribution is 8.00. The molecule has 1 aliphatic carbocycles. The minimum Gasteiger partial charge on any atom is -0.314 e. The smallest absolute Gasteiger partial charge is 0.0282 e. The summed E-state index contributed by atoms with van der Waals surface area (Å²) in [5, 5.41) is 3.38. The zero-order valence-electron chi connectivity index (χ0n) is 7.02. The van der Waals surface area contributed by atoms with Crippen LogP contribution in [0.1, 0.15) is 19.3 Å². The van der Waals surface area contributed by atoms with E-state index in [-0.39, 0.29) is 0 Å². The van der Waals surface area contributed by atoms with Crippen LogP contribution in [0.2, 0.25) is 0 Å². The second-order valence-electron chi connectivity index (χ2n) is 3.02. The summed E-state index contributed by atoms with van der Waals surface area (Å²) >= 11 is 1.98. The predicted octanol–water partition coefficient (Wildman–Crippen LogP) is 1.49. The molecular formula is C9H15NS. The van der Waals surface area contributed by atoms with Crippen LogP contribution in [0.4, 0.5) is 0 Å². The van der Waals surface area contributed by atoms with Crippen LogP contribution in [0.15, 0.2) is 0 Å². The van der Waals surface area contributed by atoms with Crippen molar-refractivity contribution in [1.29, 1.82) is 0 Å². The maximum Gasteiger partial charge on any atom is 0.0282 e. The molecule has 1 aliphatic rings. The van der Waals surface area contributed by atoms with Gasteiger partial charge in [-0.2, -0.15) is 11.8 Å². The van der Waals surface area contributed by atoms with Gasteiger partial charge >= 0.3 is 0 Å². The van der Waals surface area contributed by atoms with Crippen molar-refractivity contribution >= 4 is 11.8 Å². The lowest BCUT2D eigenvalue weighted by atomic mass is 10.4. The van der Waals surface area contributed by atoms with Crippen LogP contribution in [-0.4, -0.2) is 24.1 Å². The van der Waals surface area contributed by atoms with E-state index < -0.39 is 0 Å². The Bertz CT molecular complexity index is 155. The van der Waals surface area contributed by atoms with Crippen LogP contribution in [0.3, 0.4) is 0 Å². The van der Waals surface area contributed by atoms with Gasteiger partial charge in [-0.3, -0.25) is 0 Å². The SMILES string of the molecule is C#CCCNCC1(SC)CC1. The van der Waals surface area contributed by atoms with Gasteiger partial charge in [0.2, 0.25) is 0 Å². The quantitative estimate of drug-likeness (QED) is 0.494. The van der Waals surface area contributed by atoms with Crippen LogP contribution >= 0.6 is 11.8 Å². The van der Waals surface area contributed by atoms with Crippen molar-refractivity contribution in [2.75, 3.05) is 19.3 Å². The summed E-state index contributed by atoms with van der Waals surface area (Å²) in [4.78, 5) is 0. The molecule has 0 amide bonds. The van der Waals surface area contributed by atoms with E-state index in [1.807, 2.05) is 11.8 Å². The molecule has 1 rings (SSSR count). The third-order valence-electron chi connectivity index (χ3n) is 2.13. The van der Waals surface area contributed by atoms with Crippen LogP contribution in [0.5, 0.6) is 0 Å². The Morgan fingerprint density at radius 2 is 2.36 bits per heavy atom. The summed E-state index contributed by atoms with van der Waals surface area (Å²) in [5.74, 6) is 2.62. The van der Waals surface area contributed by atoms with Gasteiger partial charge in [0.25, 0.3) is 0 Å². The number of hydrogen-bond acceptors (Lipinski definition) is 2. The largest absolute Gasteiger partial charge is 0.314 e. The standard InChI is InChI=1S/C9H15NS/c1-3-4-7-10-8-9(11-2)5-6-9/h1,10H,4-8H2,2H3. The molecule has 0 radical (unpaired) electrons. The number of hydrogen-bond donors (Lipinski definition) is 1. The Labute approximate surface area is 73.3 Å². The highest BCUT2D eigenvalue weighted by Gasteiger charge is 2.40. The summed E-state index contributed by atoms with van der Waals surface area (Å²) in [6.07, 6.45) is 10.9. The zero-order chi connectivity index (χ0) is 8.16. The van der Waals surface area contributed by atoms with Gasteiger partial charge in [-0.25, -0.2) is 0 Å². The molecule has 1 saturated carbocycles. The first-order chi connectivity index (χ1) is 5.33. The molecule has 0 saturated heterocycles. The van der Waals surface area contributed by atoms with Gasteiger partial charge in [0, 0.05) is 24.3 Å². The lowest BCUT2D eigenvalue weighted by molar-refractivity contribution is 0.671. The van der Waals surface area contributed by atoms with E-state index >= 15 is 0 Å². The lowest BCUT2D eigenvalue weighted by Crippen LogP contribution is -2.26. The topological polar surface area (TPSA) is 12.0 Å². The van der Waals surface area contributed by atoms with Crippen molar-refractivity contribution in [3.05, 3.63) is 0 Å². The minimum atomic E-state index is 0.578. The number of nitrogens with one attached hydrogen (secondary N) is 1. The number of thioether (sulfide) groups is 1. The molecule has 2 heteroatoms. The van der Waals surface area contributed by atoms with Crippen LogP contribution in [0.25, 0.3) is 0 Å². The van der Waals surface area contributed by atoms with Crippen molar-refractivity contribution in [2.45, 2.75) is 24.0 Å². The van der Waals surface area contributed by atoms with E-state index in [0.29, 0.717) is 4.75 Å². The minimum absolute atomic E-state index is 0.578. The molecule has 0 unspecified atom stereocenters. The molecule has 0 bridgehead atoms. The van der Waals surface area contributed by atoms with Crippen LogP contribution in [0, 0.1) is 12.3 Å². The second kappa shape index (κ2) is 4.04. The second-order valence-corrected chi connectivity index (χ2v) is 4.29. The number of terminal acetylenes is 1. The van der Waals surface area contributed by atoms with Gasteiger partial charge in [-0.05, 0) is 19.1 Å². The average Bonchev–Trinajstić information content (AvgIpc) is 2.80. The molecule has 0 atom stereocenters. The van der Waals surface area contributed by atoms with E-state index in [1.54, 1.807) is 0 Å². The molecule has 11 heavy (non-hydrogen) atoms. The summed E-state index contributed by atoms with van der Waals surface area (Å²) in [6.45, 7) is 2.11. The van der Waals surface area contributed by atoms with Crippen molar-refractivity contribution < 1.29 is 0 Å². The monoisotopic (exact) mass is 169 g/mol. The Kier molecular flexibility index (Phi) is 3.29. The molecule has 0 heterocycles. The van der Waals surface area contributed by atoms with Gasteiger partial charge in [0.05, 0.1) is 0 Å². The fourth-order valence-corrected chi connectivity index (χ4v) is 1.83. The molecule has 0 aromatic heterocycles. The molecule has 0 aliphatic heterocycles. The average molecular weight is 169 g/mol. The molecule has 0 aromatic rings. The Balaban J connectivity index is 2.00. The molecular weight excluding hydrogens is 154 g/mol. The van der Waals surface area contributed by atoms with Crippen LogP contribution in [-0.2, 0) is 0 Å². The first-order valence-electron chi connectivity index (χ1n) is 4.02. The molecule has 1 nitrogen and oxygen atoms in total. The predicted molar refractivity (Wildman–Crippen MR) is 51.8 cm³/mol. The van der Waals surface area contributed by atoms with Crippen molar-refractivity contribution in [2.24, 2.45) is 0 Å². The zero-order valence-corrected chi connectivity index (χ0v) is 7.84. The third kappa shape index (κ3) is 2.76. The maximum absolute atomic E-state index is 5.13. The first kappa shape index (κ1) is 8.96. The van der Waals surface area contributed by atoms with Gasteiger partial charge in [-0.15, -0.1) is 12.3 Å². The van der Waals surface area contributed by atoms with E-state index in [2.05, 4.69) is 17.5 Å². The molecule has 1 N–H and O–H groups in total. The van der Waals surface area contributed by atoms with E-state index in [0.717, 1.165) is 19.5 Å². The number of rotatable bonds is 5. The van der Waals surface area contributed by atoms with Gasteiger partial charge in [0.1, 0.15) is 0 Å². The van der Waals surface area contributed by atoms with Gasteiger partial charge < -0.3 is 5.32 Å². The molecule has 62 valence electrons. The van der Waals surface area contributed by atoms with E-state index in [9.17, 15) is 0 Å². The molecule has 0 aromatic carbocycles. The summed E-state index contributed by atoms with van der Waals surface area (Å²) in [7, 11) is 0. The van der Waals surface area contributed by atoms with Crippen molar-refractivity contribution in [3.63, 3.8) is 0 Å². The first-order valence-corrected chi connectivity index (χ1v) is 5.25. The lowest BCUT2D eigenvalue weighted by Gasteiger charge is -2.11. The Hall–Kier alpha value is -0.130. The Morgan fingerprint density at radius 3 is 2.82 bits per heavy atom. The summed E-state index contributed by atoms with van der Waals surface area (Å²) in [5.41, 5.74) is 0. The highest BCUT2D eigenvalue weighted by atomic mass is 32.2. The third-order valence-corrected chi connectivity index (χ3v) is 3.55. The maximum atomic E-state index is 5.13. The fraction of sp³-hybridized carbons (Fsp3) is 0.778. The van der Waals surface area contributed by atoms with Gasteiger partial charge in [-0.1, -0.05) is 0 Å². The van der Waals surface area contributed by atoms with E-state index in [4.69, 9.17) is 6.42 Å². The molecule has 1 fully saturated rings. The van der Waals surface area contributed by atoms with E-state index in [1.165, 1.54) is 12.8 Å². The fourth-order valence-electron chi connectivity index (χ4n) is 1.07. The molecule has 0 spiro atoms. The van der Waals surface area contributed by atoms with Crippen molar-refractivity contribution in [3.8, 4) is 12.3 Å². The summed E-state index contributed by atoms with van der Waals surface area (Å²) in [6, 6.07) is 0. The van der Waals surface area contributed by atoms with Gasteiger partial charge in [0.15, 0.2) is 0 Å². The highest BCUT2D eigenvalue weighted by Crippen LogP contribution is 2.46. The normalized spacial score (nSPS) is 19.3. The van der Waals surface area contributed by atoms with Crippen LogP contribution < -0.4 is 5.32 Å². The van der Waals surface area contributed by atoms with Crippen molar-refractivity contribution in [1.82, 2.24) is 5.32 Å². The summed E-state index contributed by atoms with van der Waals surface area (Å²) < 4.78 is 0.578.